The lowest BCUT2D eigenvalue weighted by Gasteiger charge is -2.37. The Morgan fingerprint density at radius 3 is 2.78 bits per heavy atom. The Morgan fingerprint density at radius 1 is 1.07 bits per heavy atom. The molecule has 41 heavy (non-hydrogen) atoms. The monoisotopic (exact) mass is 577 g/mol. The first-order valence-corrected chi connectivity index (χ1v) is 14.2. The highest BCUT2D eigenvalue weighted by molar-refractivity contribution is 6.31. The number of hydrogen-bond acceptors (Lipinski definition) is 8. The van der Waals surface area contributed by atoms with Gasteiger partial charge in [0.05, 0.1) is 43.0 Å². The number of methoxy groups -OCH3 is 1. The molecule has 0 aliphatic carbocycles. The number of hydrogen-bond donors (Lipinski definition) is 1. The molecule has 6 rings (SSSR count). The molecule has 0 amide bonds. The maximum atomic E-state index is 13.6. The van der Waals surface area contributed by atoms with Gasteiger partial charge < -0.3 is 19.5 Å². The van der Waals surface area contributed by atoms with Crippen molar-refractivity contribution < 1.29 is 18.6 Å². The number of anilines is 2. The van der Waals surface area contributed by atoms with Crippen LogP contribution in [0.25, 0.3) is 10.9 Å². The minimum atomic E-state index is -0.477. The molecule has 1 N–H and O–H groups in total. The third-order valence-corrected chi connectivity index (χ3v) is 7.99. The molecule has 2 aliphatic rings. The second-order valence-corrected chi connectivity index (χ2v) is 10.8. The predicted octanol–water partition coefficient (Wildman–Crippen LogP) is 5.53. The van der Waals surface area contributed by atoms with Crippen LogP contribution in [0.1, 0.15) is 12.0 Å². The summed E-state index contributed by atoms with van der Waals surface area (Å²) >= 11 is 5.96. The van der Waals surface area contributed by atoms with Gasteiger partial charge in [-0.15, -0.1) is 0 Å². The van der Waals surface area contributed by atoms with Gasteiger partial charge in [-0.1, -0.05) is 41.9 Å². The topological polar surface area (TPSA) is 72.0 Å². The molecule has 1 aromatic heterocycles. The summed E-state index contributed by atoms with van der Waals surface area (Å²) in [5.41, 5.74) is 2.65. The minimum absolute atomic E-state index is 0.0340. The maximum Gasteiger partial charge on any atom is 0.162 e. The van der Waals surface area contributed by atoms with Gasteiger partial charge in [0, 0.05) is 49.9 Å². The summed E-state index contributed by atoms with van der Waals surface area (Å²) in [7, 11) is 1.61. The van der Waals surface area contributed by atoms with E-state index in [4.69, 9.17) is 25.8 Å². The average Bonchev–Trinajstić information content (AvgIpc) is 3.42. The van der Waals surface area contributed by atoms with Crippen LogP contribution in [0.4, 0.5) is 15.9 Å². The van der Waals surface area contributed by atoms with Crippen molar-refractivity contribution in [1.82, 2.24) is 19.8 Å². The van der Waals surface area contributed by atoms with Crippen molar-refractivity contribution >= 4 is 34.0 Å². The second kappa shape index (κ2) is 12.6. The number of nitrogens with zero attached hydrogens (tertiary/aromatic N) is 4. The second-order valence-electron chi connectivity index (χ2n) is 10.4. The summed E-state index contributed by atoms with van der Waals surface area (Å²) in [6.07, 6.45) is 2.58. The molecule has 10 heteroatoms. The Bertz CT molecular complexity index is 1490. The molecule has 4 aromatic rings. The Morgan fingerprint density at radius 2 is 1.95 bits per heavy atom. The highest BCUT2D eigenvalue weighted by Gasteiger charge is 2.39. The summed E-state index contributed by atoms with van der Waals surface area (Å²) in [4.78, 5) is 13.8. The zero-order valence-electron chi connectivity index (χ0n) is 22.9. The Hall–Kier alpha value is -3.50. The number of halogens is 2. The molecular formula is C31H33ClFN5O3. The standard InChI is InChI=1S/C31H33ClFN5O3/c1-39-28-16-26-23(31(35-20-34-26)36-22-8-9-25(33)24(32)14-22)15-29(28)40-12-5-10-37-18-27-30(19-37)41-13-11-38(27)17-21-6-3-2-4-7-21/h2-4,6-9,14-16,20,27,30H,5,10-13,17-19H2,1H3,(H,34,35,36)/t27-,30+/m0/s1. The number of morpholine rings is 1. The van der Waals surface area contributed by atoms with Crippen molar-refractivity contribution in [3.8, 4) is 11.5 Å². The Balaban J connectivity index is 1.08. The van der Waals surface area contributed by atoms with Gasteiger partial charge in [0.25, 0.3) is 0 Å². The third kappa shape index (κ3) is 6.38. The number of rotatable bonds is 10. The molecule has 0 radical (unpaired) electrons. The van der Waals surface area contributed by atoms with Crippen LogP contribution >= 0.6 is 11.6 Å². The van der Waals surface area contributed by atoms with Gasteiger partial charge in [-0.05, 0) is 36.2 Å². The Labute approximate surface area is 244 Å². The molecule has 0 bridgehead atoms. The molecule has 0 unspecified atom stereocenters. The lowest BCUT2D eigenvalue weighted by molar-refractivity contribution is -0.0504. The van der Waals surface area contributed by atoms with Crippen LogP contribution in [0.2, 0.25) is 5.02 Å². The molecule has 2 atom stereocenters. The largest absolute Gasteiger partial charge is 0.493 e. The number of ether oxygens (including phenoxy) is 3. The summed E-state index contributed by atoms with van der Waals surface area (Å²) in [6.45, 7) is 6.09. The fourth-order valence-electron chi connectivity index (χ4n) is 5.65. The maximum absolute atomic E-state index is 13.6. The summed E-state index contributed by atoms with van der Waals surface area (Å²) in [5, 5.41) is 3.99. The van der Waals surface area contributed by atoms with Crippen LogP contribution in [0.5, 0.6) is 11.5 Å². The summed E-state index contributed by atoms with van der Waals surface area (Å²) in [5.74, 6) is 1.30. The zero-order chi connectivity index (χ0) is 28.2. The van der Waals surface area contributed by atoms with E-state index < -0.39 is 5.82 Å². The van der Waals surface area contributed by atoms with Crippen LogP contribution < -0.4 is 14.8 Å². The van der Waals surface area contributed by atoms with E-state index in [0.717, 1.165) is 51.1 Å². The van der Waals surface area contributed by atoms with Crippen molar-refractivity contribution in [1.29, 1.82) is 0 Å². The first kappa shape index (κ1) is 27.7. The summed E-state index contributed by atoms with van der Waals surface area (Å²) < 4.78 is 31.6. The average molecular weight is 578 g/mol. The number of benzene rings is 3. The first-order valence-electron chi connectivity index (χ1n) is 13.9. The van der Waals surface area contributed by atoms with Crippen LogP contribution in [-0.2, 0) is 11.3 Å². The molecule has 214 valence electrons. The van der Waals surface area contributed by atoms with Gasteiger partial charge in [-0.25, -0.2) is 14.4 Å². The molecule has 2 saturated heterocycles. The van der Waals surface area contributed by atoms with E-state index in [1.165, 1.54) is 24.0 Å². The molecule has 0 saturated carbocycles. The molecule has 3 heterocycles. The van der Waals surface area contributed by atoms with Gasteiger partial charge in [-0.2, -0.15) is 0 Å². The lowest BCUT2D eigenvalue weighted by atomic mass is 10.1. The van der Waals surface area contributed by atoms with Crippen LogP contribution in [0, 0.1) is 5.82 Å². The van der Waals surface area contributed by atoms with Crippen LogP contribution in [-0.4, -0.2) is 78.4 Å². The van der Waals surface area contributed by atoms with Gasteiger partial charge >= 0.3 is 0 Å². The fourth-order valence-corrected chi connectivity index (χ4v) is 5.83. The highest BCUT2D eigenvalue weighted by Crippen LogP contribution is 2.35. The fraction of sp³-hybridized carbons (Fsp3) is 0.355. The lowest BCUT2D eigenvalue weighted by Crippen LogP contribution is -2.50. The highest BCUT2D eigenvalue weighted by atomic mass is 35.5. The van der Waals surface area contributed by atoms with Crippen molar-refractivity contribution in [2.75, 3.05) is 51.8 Å². The molecule has 0 spiro atoms. The first-order chi connectivity index (χ1) is 20.1. The number of nitrogens with one attached hydrogen (secondary N) is 1. The predicted molar refractivity (Wildman–Crippen MR) is 158 cm³/mol. The van der Waals surface area contributed by atoms with Gasteiger partial charge in [0.15, 0.2) is 11.5 Å². The quantitative estimate of drug-likeness (QED) is 0.247. The van der Waals surface area contributed by atoms with Crippen molar-refractivity contribution in [2.24, 2.45) is 0 Å². The van der Waals surface area contributed by atoms with E-state index in [9.17, 15) is 4.39 Å². The van der Waals surface area contributed by atoms with E-state index >= 15 is 0 Å². The van der Waals surface area contributed by atoms with Crippen molar-refractivity contribution in [3.63, 3.8) is 0 Å². The Kier molecular flexibility index (Phi) is 8.48. The third-order valence-electron chi connectivity index (χ3n) is 7.70. The van der Waals surface area contributed by atoms with Crippen molar-refractivity contribution in [3.05, 3.63) is 83.4 Å². The number of likely N-dealkylation sites (tertiary alicyclic amines) is 1. The van der Waals surface area contributed by atoms with Gasteiger partial charge in [0.2, 0.25) is 0 Å². The van der Waals surface area contributed by atoms with Crippen molar-refractivity contribution in [2.45, 2.75) is 25.1 Å². The molecule has 8 nitrogen and oxygen atoms in total. The van der Waals surface area contributed by atoms with Crippen LogP contribution in [0.3, 0.4) is 0 Å². The summed E-state index contributed by atoms with van der Waals surface area (Å²) in [6, 6.07) is 19.2. The molecule has 2 aliphatic heterocycles. The molecule has 3 aromatic carbocycles. The van der Waals surface area contributed by atoms with E-state index in [2.05, 4.69) is 55.4 Å². The zero-order valence-corrected chi connectivity index (χ0v) is 23.7. The van der Waals surface area contributed by atoms with E-state index in [-0.39, 0.29) is 11.1 Å². The number of aromatic nitrogens is 2. The normalized spacial score (nSPS) is 19.3. The smallest absolute Gasteiger partial charge is 0.162 e. The minimum Gasteiger partial charge on any atom is -0.493 e. The molecular weight excluding hydrogens is 545 g/mol. The van der Waals surface area contributed by atoms with E-state index in [0.29, 0.717) is 41.2 Å². The van der Waals surface area contributed by atoms with E-state index in [1.807, 2.05) is 12.1 Å². The van der Waals surface area contributed by atoms with Gasteiger partial charge in [0.1, 0.15) is 18.0 Å². The SMILES string of the molecule is COc1cc2ncnc(Nc3ccc(F)c(Cl)c3)c2cc1OCCCN1C[C@H]2OCCN(Cc3ccccc3)[C@H]2C1. The number of fused-ring (bicyclic) bond motifs is 2. The van der Waals surface area contributed by atoms with Gasteiger partial charge in [-0.3, -0.25) is 9.80 Å². The van der Waals surface area contributed by atoms with E-state index in [1.54, 1.807) is 13.2 Å². The van der Waals surface area contributed by atoms with Crippen LogP contribution in [0.15, 0.2) is 67.0 Å². The molecule has 2 fully saturated rings.